The molecular formula is C18H23ClN4O. The maximum Gasteiger partial charge on any atom is 0.148 e. The van der Waals surface area contributed by atoms with E-state index >= 15 is 0 Å². The maximum atomic E-state index is 6.10. The van der Waals surface area contributed by atoms with Gasteiger partial charge < -0.3 is 4.84 Å². The minimum Gasteiger partial charge on any atom is -0.388 e. The predicted octanol–water partition coefficient (Wildman–Crippen LogP) is 3.54. The molecule has 2 aliphatic heterocycles. The van der Waals surface area contributed by atoms with Crippen molar-refractivity contribution in [2.45, 2.75) is 37.7 Å². The molecular weight excluding hydrogens is 324 g/mol. The third-order valence-corrected chi connectivity index (χ3v) is 5.69. The molecule has 0 aromatic heterocycles. The molecule has 1 fully saturated rings. The van der Waals surface area contributed by atoms with Gasteiger partial charge in [-0.15, -0.1) is 0 Å². The van der Waals surface area contributed by atoms with Crippen molar-refractivity contribution in [2.75, 3.05) is 20.3 Å². The summed E-state index contributed by atoms with van der Waals surface area (Å²) in [7, 11) is 2.06. The van der Waals surface area contributed by atoms with Gasteiger partial charge in [-0.1, -0.05) is 35.3 Å². The number of hydrogen-bond acceptors (Lipinski definition) is 5. The molecule has 1 aliphatic carbocycles. The first-order chi connectivity index (χ1) is 11.7. The van der Waals surface area contributed by atoms with Gasteiger partial charge in [0.05, 0.1) is 11.6 Å². The zero-order valence-electron chi connectivity index (χ0n) is 14.0. The van der Waals surface area contributed by atoms with Crippen molar-refractivity contribution in [1.29, 1.82) is 0 Å². The van der Waals surface area contributed by atoms with Crippen LogP contribution in [0.5, 0.6) is 0 Å². The monoisotopic (exact) mass is 346 g/mol. The van der Waals surface area contributed by atoms with Crippen molar-refractivity contribution in [3.05, 3.63) is 34.9 Å². The Balaban J connectivity index is 1.64. The Labute approximate surface area is 147 Å². The van der Waals surface area contributed by atoms with Crippen LogP contribution in [0.3, 0.4) is 0 Å². The molecule has 0 saturated heterocycles. The van der Waals surface area contributed by atoms with Gasteiger partial charge in [0, 0.05) is 18.6 Å². The summed E-state index contributed by atoms with van der Waals surface area (Å²) in [5, 5.41) is 9.60. The van der Waals surface area contributed by atoms with Crippen LogP contribution in [0, 0.1) is 5.92 Å². The maximum absolute atomic E-state index is 6.10. The van der Waals surface area contributed by atoms with Crippen LogP contribution in [0.15, 0.2) is 34.4 Å². The fourth-order valence-corrected chi connectivity index (χ4v) is 4.15. The predicted molar refractivity (Wildman–Crippen MR) is 96.2 cm³/mol. The second kappa shape index (κ2) is 6.37. The van der Waals surface area contributed by atoms with Crippen molar-refractivity contribution >= 4 is 23.7 Å². The summed E-state index contributed by atoms with van der Waals surface area (Å²) in [6.07, 6.45) is 7.79. The van der Waals surface area contributed by atoms with Crippen molar-refractivity contribution in [3.63, 3.8) is 0 Å². The molecule has 5 nitrogen and oxygen atoms in total. The highest BCUT2D eigenvalue weighted by Gasteiger charge is 2.50. The van der Waals surface area contributed by atoms with Crippen molar-refractivity contribution in [3.8, 4) is 0 Å². The van der Waals surface area contributed by atoms with E-state index in [1.54, 1.807) is 0 Å². The molecule has 6 heteroatoms. The smallest absolute Gasteiger partial charge is 0.148 e. The summed E-state index contributed by atoms with van der Waals surface area (Å²) >= 11 is 6.05. The highest BCUT2D eigenvalue weighted by atomic mass is 35.5. The number of halogens is 1. The minimum atomic E-state index is -0.162. The summed E-state index contributed by atoms with van der Waals surface area (Å²) in [6.45, 7) is 1.56. The van der Waals surface area contributed by atoms with Crippen LogP contribution in [0.2, 0.25) is 5.02 Å². The van der Waals surface area contributed by atoms with Crippen LogP contribution in [0.4, 0.5) is 0 Å². The minimum absolute atomic E-state index is 0.162. The van der Waals surface area contributed by atoms with Gasteiger partial charge >= 0.3 is 0 Å². The van der Waals surface area contributed by atoms with Crippen molar-refractivity contribution in [2.24, 2.45) is 16.1 Å². The molecule has 1 aromatic rings. The van der Waals surface area contributed by atoms with E-state index in [1.165, 1.54) is 19.3 Å². The molecule has 4 rings (SSSR count). The van der Waals surface area contributed by atoms with E-state index in [-0.39, 0.29) is 11.5 Å². The highest BCUT2D eigenvalue weighted by Crippen LogP contribution is 2.44. The van der Waals surface area contributed by atoms with Crippen LogP contribution in [-0.2, 0) is 4.84 Å². The Kier molecular flexibility index (Phi) is 4.22. The second-order valence-corrected chi connectivity index (χ2v) is 7.41. The van der Waals surface area contributed by atoms with Gasteiger partial charge in [-0.2, -0.15) is 0 Å². The topological polar surface area (TPSA) is 40.4 Å². The molecule has 0 amide bonds. The molecule has 0 bridgehead atoms. The SMILES string of the molecule is CN1CN=CN1CC1C(c2ccc(Cl)cc2)=NOC12CCCCC2. The van der Waals surface area contributed by atoms with E-state index < -0.39 is 0 Å². The molecule has 24 heavy (non-hydrogen) atoms. The number of hydrazine groups is 1. The van der Waals surface area contributed by atoms with Gasteiger partial charge in [0.25, 0.3) is 0 Å². The molecule has 128 valence electrons. The van der Waals surface area contributed by atoms with Gasteiger partial charge in [-0.25, -0.2) is 5.01 Å². The van der Waals surface area contributed by atoms with Crippen LogP contribution in [0.1, 0.15) is 37.7 Å². The number of nitrogens with zero attached hydrogens (tertiary/aromatic N) is 4. The van der Waals surface area contributed by atoms with E-state index in [0.29, 0.717) is 6.67 Å². The number of rotatable bonds is 3. The van der Waals surface area contributed by atoms with Gasteiger partial charge in [0.1, 0.15) is 18.6 Å². The third-order valence-electron chi connectivity index (χ3n) is 5.44. The highest BCUT2D eigenvalue weighted by molar-refractivity contribution is 6.30. The lowest BCUT2D eigenvalue weighted by molar-refractivity contribution is -0.0798. The zero-order valence-corrected chi connectivity index (χ0v) is 14.7. The fourth-order valence-electron chi connectivity index (χ4n) is 4.03. The van der Waals surface area contributed by atoms with E-state index in [2.05, 4.69) is 27.2 Å². The van der Waals surface area contributed by atoms with E-state index in [1.807, 2.05) is 30.6 Å². The quantitative estimate of drug-likeness (QED) is 0.840. The Morgan fingerprint density at radius 2 is 1.96 bits per heavy atom. The second-order valence-electron chi connectivity index (χ2n) is 6.97. The van der Waals surface area contributed by atoms with Gasteiger partial charge in [-0.05, 0) is 43.4 Å². The Morgan fingerprint density at radius 3 is 2.62 bits per heavy atom. The molecule has 0 N–H and O–H groups in total. The third kappa shape index (κ3) is 2.80. The van der Waals surface area contributed by atoms with Gasteiger partial charge in [-0.3, -0.25) is 10.0 Å². The number of hydrogen-bond donors (Lipinski definition) is 0. The summed E-state index contributed by atoms with van der Waals surface area (Å²) in [4.78, 5) is 10.5. The van der Waals surface area contributed by atoms with Crippen LogP contribution in [-0.4, -0.2) is 47.9 Å². The van der Waals surface area contributed by atoms with E-state index in [9.17, 15) is 0 Å². The lowest BCUT2D eigenvalue weighted by Crippen LogP contribution is -2.49. The van der Waals surface area contributed by atoms with Gasteiger partial charge in [0.15, 0.2) is 0 Å². The van der Waals surface area contributed by atoms with Crippen LogP contribution in [0.25, 0.3) is 0 Å². The van der Waals surface area contributed by atoms with Crippen LogP contribution >= 0.6 is 11.6 Å². The van der Waals surface area contributed by atoms with Crippen molar-refractivity contribution < 1.29 is 4.84 Å². The average Bonchev–Trinajstić information content (AvgIpc) is 3.15. The first-order valence-corrected chi connectivity index (χ1v) is 9.05. The molecule has 2 heterocycles. The fraction of sp³-hybridized carbons (Fsp3) is 0.556. The summed E-state index contributed by atoms with van der Waals surface area (Å²) in [5.41, 5.74) is 1.98. The lowest BCUT2D eigenvalue weighted by atomic mass is 9.73. The average molecular weight is 347 g/mol. The van der Waals surface area contributed by atoms with Gasteiger partial charge in [0.2, 0.25) is 0 Å². The molecule has 1 saturated carbocycles. The standard InChI is InChI=1S/C18H23ClN4O/c1-22-12-20-13-23(22)11-16-17(14-5-7-15(19)8-6-14)21-24-18(16)9-3-2-4-10-18/h5-8,13,16H,2-4,9-12H2,1H3. The van der Waals surface area contributed by atoms with Crippen LogP contribution < -0.4 is 0 Å². The number of oxime groups is 1. The first-order valence-electron chi connectivity index (χ1n) is 8.68. The summed E-state index contributed by atoms with van der Waals surface area (Å²) in [5.74, 6) is 0.242. The number of aliphatic imine (C=N–C) groups is 1. The Hall–Kier alpha value is -1.59. The normalized spacial score (nSPS) is 26.0. The van der Waals surface area contributed by atoms with E-state index in [4.69, 9.17) is 16.4 Å². The largest absolute Gasteiger partial charge is 0.388 e. The Bertz CT molecular complexity index is 651. The zero-order chi connectivity index (χ0) is 16.6. The van der Waals surface area contributed by atoms with E-state index in [0.717, 1.165) is 35.7 Å². The molecule has 1 spiro atoms. The van der Waals surface area contributed by atoms with Crippen molar-refractivity contribution in [1.82, 2.24) is 10.0 Å². The molecule has 1 aromatic carbocycles. The molecule has 3 aliphatic rings. The molecule has 1 unspecified atom stereocenters. The summed E-state index contributed by atoms with van der Waals surface area (Å²) < 4.78 is 0. The first kappa shape index (κ1) is 15.9. The molecule has 1 atom stereocenters. The number of benzene rings is 1. The summed E-state index contributed by atoms with van der Waals surface area (Å²) in [6, 6.07) is 7.93. The lowest BCUT2D eigenvalue weighted by Gasteiger charge is -2.38. The molecule has 0 radical (unpaired) electrons. The Morgan fingerprint density at radius 1 is 1.21 bits per heavy atom.